The second kappa shape index (κ2) is 7.11. The molecule has 2 bridgehead atoms. The molecule has 5 rings (SSSR count). The van der Waals surface area contributed by atoms with Crippen LogP contribution in [0, 0.1) is 10.8 Å². The van der Waals surface area contributed by atoms with E-state index in [4.69, 9.17) is 10.7 Å². The molecule has 2 fully saturated rings. The van der Waals surface area contributed by atoms with E-state index in [-0.39, 0.29) is 0 Å². The molecule has 2 heterocycles. The summed E-state index contributed by atoms with van der Waals surface area (Å²) in [5, 5.41) is 2.42. The zero-order valence-corrected chi connectivity index (χ0v) is 19.1. The van der Waals surface area contributed by atoms with Crippen molar-refractivity contribution in [1.29, 1.82) is 0 Å². The number of benzene rings is 2. The van der Waals surface area contributed by atoms with Gasteiger partial charge in [-0.1, -0.05) is 57.2 Å². The van der Waals surface area contributed by atoms with Crippen LogP contribution in [-0.2, 0) is 0 Å². The molecule has 2 unspecified atom stereocenters. The van der Waals surface area contributed by atoms with E-state index in [0.29, 0.717) is 22.6 Å². The lowest BCUT2D eigenvalue weighted by atomic mass is 9.65. The quantitative estimate of drug-likeness (QED) is 0.586. The molecule has 1 aliphatic heterocycles. The molecule has 1 saturated heterocycles. The van der Waals surface area contributed by atoms with Crippen LogP contribution in [0.25, 0.3) is 10.8 Å². The zero-order valence-electron chi connectivity index (χ0n) is 19.1. The average molecular weight is 416 g/mol. The van der Waals surface area contributed by atoms with Gasteiger partial charge in [0, 0.05) is 24.5 Å². The first-order valence-corrected chi connectivity index (χ1v) is 11.4. The number of hydrogen-bond donors (Lipinski definition) is 1. The van der Waals surface area contributed by atoms with E-state index < -0.39 is 0 Å². The van der Waals surface area contributed by atoms with Crippen molar-refractivity contribution in [3.05, 3.63) is 48.8 Å². The van der Waals surface area contributed by atoms with Gasteiger partial charge in [-0.3, -0.25) is 0 Å². The highest BCUT2D eigenvalue weighted by Gasteiger charge is 2.50. The lowest BCUT2D eigenvalue weighted by Gasteiger charge is -2.39. The lowest BCUT2D eigenvalue weighted by Crippen LogP contribution is -2.35. The molecule has 3 aromatic rings. The monoisotopic (exact) mass is 415 g/mol. The van der Waals surface area contributed by atoms with Gasteiger partial charge in [0.2, 0.25) is 0 Å². The summed E-state index contributed by atoms with van der Waals surface area (Å²) in [7, 11) is 0. The summed E-state index contributed by atoms with van der Waals surface area (Å²) in [6.07, 6.45) is 5.34. The largest absolute Gasteiger partial charge is 0.393 e. The van der Waals surface area contributed by atoms with Gasteiger partial charge in [0.05, 0.1) is 5.69 Å². The Hall–Kier alpha value is -2.82. The Balaban J connectivity index is 1.57. The predicted octanol–water partition coefficient (Wildman–Crippen LogP) is 5.78. The van der Waals surface area contributed by atoms with Crippen LogP contribution in [0.2, 0.25) is 0 Å². The van der Waals surface area contributed by atoms with Gasteiger partial charge in [-0.2, -0.15) is 0 Å². The third-order valence-corrected chi connectivity index (χ3v) is 7.16. The first kappa shape index (κ1) is 20.1. The first-order valence-electron chi connectivity index (χ1n) is 11.4. The molecule has 0 radical (unpaired) electrons. The molecule has 0 amide bonds. The van der Waals surface area contributed by atoms with Crippen LogP contribution in [0.4, 0.5) is 23.0 Å². The van der Waals surface area contributed by atoms with E-state index >= 15 is 0 Å². The van der Waals surface area contributed by atoms with Gasteiger partial charge in [-0.05, 0) is 48.5 Å². The third-order valence-electron chi connectivity index (χ3n) is 7.16. The van der Waals surface area contributed by atoms with Crippen LogP contribution in [0.3, 0.4) is 0 Å². The molecule has 2 aromatic carbocycles. The maximum absolute atomic E-state index is 6.81. The maximum Gasteiger partial charge on any atom is 0.161 e. The Labute approximate surface area is 185 Å². The first-order chi connectivity index (χ1) is 14.8. The Morgan fingerprint density at radius 2 is 1.84 bits per heavy atom. The van der Waals surface area contributed by atoms with E-state index in [0.717, 1.165) is 30.4 Å². The number of rotatable bonds is 4. The molecule has 0 spiro atoms. The summed E-state index contributed by atoms with van der Waals surface area (Å²) in [6, 6.07) is 15.4. The van der Waals surface area contributed by atoms with E-state index in [1.54, 1.807) is 6.33 Å². The fourth-order valence-corrected chi connectivity index (χ4v) is 6.41. The molecule has 162 valence electrons. The van der Waals surface area contributed by atoms with Gasteiger partial charge in [-0.25, -0.2) is 9.97 Å². The Kier molecular flexibility index (Phi) is 4.61. The van der Waals surface area contributed by atoms with Crippen molar-refractivity contribution in [3.63, 3.8) is 0 Å². The topological polar surface area (TPSA) is 58.3 Å². The highest BCUT2D eigenvalue weighted by molar-refractivity contribution is 5.97. The molecule has 5 nitrogen and oxygen atoms in total. The van der Waals surface area contributed by atoms with E-state index in [2.05, 4.69) is 84.9 Å². The van der Waals surface area contributed by atoms with Crippen molar-refractivity contribution in [2.45, 2.75) is 53.0 Å². The number of nitrogens with two attached hydrogens (primary N) is 1. The number of nitrogens with zero attached hydrogens (tertiary/aromatic N) is 4. The zero-order chi connectivity index (χ0) is 21.8. The van der Waals surface area contributed by atoms with Gasteiger partial charge in [0.25, 0.3) is 0 Å². The minimum absolute atomic E-state index is 0.323. The van der Waals surface area contributed by atoms with Crippen molar-refractivity contribution >= 4 is 33.8 Å². The third kappa shape index (κ3) is 3.40. The average Bonchev–Trinajstić information content (AvgIpc) is 2.98. The van der Waals surface area contributed by atoms with Gasteiger partial charge >= 0.3 is 0 Å². The number of hydrogen-bond acceptors (Lipinski definition) is 5. The van der Waals surface area contributed by atoms with Crippen LogP contribution in [0.5, 0.6) is 0 Å². The van der Waals surface area contributed by atoms with E-state index in [1.165, 1.54) is 30.0 Å². The summed E-state index contributed by atoms with van der Waals surface area (Å²) in [6.45, 7) is 11.2. The summed E-state index contributed by atoms with van der Waals surface area (Å²) < 4.78 is 0. The Morgan fingerprint density at radius 1 is 1.06 bits per heavy atom. The molecule has 5 heteroatoms. The number of fused-ring (bicyclic) bond motifs is 3. The van der Waals surface area contributed by atoms with Crippen molar-refractivity contribution < 1.29 is 0 Å². The second-order valence-corrected chi connectivity index (χ2v) is 10.5. The molecule has 2 aliphatic rings. The molecule has 1 saturated carbocycles. The summed E-state index contributed by atoms with van der Waals surface area (Å²) in [5.74, 6) is 1.70. The number of anilines is 4. The highest BCUT2D eigenvalue weighted by Crippen LogP contribution is 2.54. The normalized spacial score (nSPS) is 24.5. The van der Waals surface area contributed by atoms with E-state index in [1.807, 2.05) is 0 Å². The standard InChI is InChI=1S/C26H33N5/c1-5-30(21-12-8-10-18-9-6-7-11-20(18)21)23-22(27)24(29-17-28-23)31-16-26(4)14-19(31)13-25(2,3)15-26/h6-12,17,19H,5,13-16,27H2,1-4H3. The van der Waals surface area contributed by atoms with Crippen LogP contribution in [0.1, 0.15) is 47.0 Å². The summed E-state index contributed by atoms with van der Waals surface area (Å²) in [4.78, 5) is 14.0. The molecule has 31 heavy (non-hydrogen) atoms. The van der Waals surface area contributed by atoms with Crippen molar-refractivity contribution in [1.82, 2.24) is 9.97 Å². The Bertz CT molecular complexity index is 1120. The van der Waals surface area contributed by atoms with E-state index in [9.17, 15) is 0 Å². The number of nitrogen functional groups attached to an aromatic ring is 1. The van der Waals surface area contributed by atoms with Crippen LogP contribution >= 0.6 is 0 Å². The van der Waals surface area contributed by atoms with Gasteiger partial charge in [-0.15, -0.1) is 0 Å². The summed E-state index contributed by atoms with van der Waals surface area (Å²) >= 11 is 0. The van der Waals surface area contributed by atoms with Crippen LogP contribution < -0.4 is 15.5 Å². The van der Waals surface area contributed by atoms with Gasteiger partial charge in [0.1, 0.15) is 12.0 Å². The second-order valence-electron chi connectivity index (χ2n) is 10.5. The minimum atomic E-state index is 0.323. The molecule has 2 atom stereocenters. The molecule has 2 N–H and O–H groups in total. The maximum atomic E-state index is 6.81. The minimum Gasteiger partial charge on any atom is -0.393 e. The molecule has 1 aromatic heterocycles. The summed E-state index contributed by atoms with van der Waals surface area (Å²) in [5.41, 5.74) is 9.30. The smallest absolute Gasteiger partial charge is 0.161 e. The van der Waals surface area contributed by atoms with Crippen LogP contribution in [-0.4, -0.2) is 29.1 Å². The van der Waals surface area contributed by atoms with Crippen molar-refractivity contribution in [3.8, 4) is 0 Å². The predicted molar refractivity (Wildman–Crippen MR) is 130 cm³/mol. The fourth-order valence-electron chi connectivity index (χ4n) is 6.41. The van der Waals surface area contributed by atoms with Crippen molar-refractivity contribution in [2.24, 2.45) is 10.8 Å². The van der Waals surface area contributed by atoms with Gasteiger partial charge in [0.15, 0.2) is 11.6 Å². The lowest BCUT2D eigenvalue weighted by molar-refractivity contribution is 0.136. The van der Waals surface area contributed by atoms with Crippen LogP contribution in [0.15, 0.2) is 48.8 Å². The van der Waals surface area contributed by atoms with Crippen molar-refractivity contribution in [2.75, 3.05) is 28.6 Å². The highest BCUT2D eigenvalue weighted by atomic mass is 15.3. The number of aromatic nitrogens is 2. The molecular formula is C26H33N5. The Morgan fingerprint density at radius 3 is 2.65 bits per heavy atom. The molecule has 1 aliphatic carbocycles. The van der Waals surface area contributed by atoms with Gasteiger partial charge < -0.3 is 15.5 Å². The SMILES string of the molecule is CCN(c1ncnc(N2CC3(C)CC2CC(C)(C)C3)c1N)c1cccc2ccccc12. The molecular weight excluding hydrogens is 382 g/mol. The fraction of sp³-hybridized carbons (Fsp3) is 0.462.